The largest absolute Gasteiger partial charge is 0.355 e. The third-order valence-corrected chi connectivity index (χ3v) is 4.40. The van der Waals surface area contributed by atoms with Gasteiger partial charge >= 0.3 is 0 Å². The van der Waals surface area contributed by atoms with E-state index < -0.39 is 0 Å². The number of piperidine rings is 1. The Labute approximate surface area is 140 Å². The Morgan fingerprint density at radius 2 is 1.96 bits per heavy atom. The van der Waals surface area contributed by atoms with Gasteiger partial charge < -0.3 is 10.2 Å². The Hall–Kier alpha value is -2.14. The lowest BCUT2D eigenvalue weighted by Crippen LogP contribution is -2.39. The second-order valence-corrected chi connectivity index (χ2v) is 6.15. The number of halogens is 1. The predicted molar refractivity (Wildman–Crippen MR) is 90.8 cm³/mol. The predicted octanol–water partition coefficient (Wildman–Crippen LogP) is 2.78. The molecule has 5 nitrogen and oxygen atoms in total. The highest BCUT2D eigenvalue weighted by Crippen LogP contribution is 2.20. The lowest BCUT2D eigenvalue weighted by atomic mass is 9.96. The van der Waals surface area contributed by atoms with Gasteiger partial charge in [0.1, 0.15) is 5.82 Å². The average Bonchev–Trinajstić information content (AvgIpc) is 2.61. The van der Waals surface area contributed by atoms with Crippen molar-refractivity contribution in [3.05, 3.63) is 53.4 Å². The van der Waals surface area contributed by atoms with Crippen molar-refractivity contribution < 1.29 is 4.79 Å². The molecule has 2 heterocycles. The maximum absolute atomic E-state index is 12.1. The summed E-state index contributed by atoms with van der Waals surface area (Å²) in [6.07, 6.45) is 7.27. The van der Waals surface area contributed by atoms with E-state index in [2.05, 4.69) is 20.2 Å². The van der Waals surface area contributed by atoms with Gasteiger partial charge in [-0.05, 0) is 43.0 Å². The second-order valence-electron chi connectivity index (χ2n) is 5.71. The summed E-state index contributed by atoms with van der Waals surface area (Å²) < 4.78 is 0. The summed E-state index contributed by atoms with van der Waals surface area (Å²) in [5, 5.41) is 3.65. The minimum Gasteiger partial charge on any atom is -0.355 e. The van der Waals surface area contributed by atoms with E-state index in [0.29, 0.717) is 23.0 Å². The van der Waals surface area contributed by atoms with Gasteiger partial charge in [-0.2, -0.15) is 0 Å². The molecule has 1 aliphatic heterocycles. The van der Waals surface area contributed by atoms with Gasteiger partial charge in [0, 0.05) is 42.6 Å². The number of hydrogen-bond acceptors (Lipinski definition) is 4. The maximum atomic E-state index is 12.1. The molecule has 0 atom stereocenters. The minimum atomic E-state index is -0.0435. The molecular weight excluding hydrogens is 312 g/mol. The van der Waals surface area contributed by atoms with Gasteiger partial charge in [0.05, 0.1) is 6.20 Å². The number of rotatable bonds is 4. The molecule has 0 bridgehead atoms. The molecule has 0 saturated carbocycles. The number of carbonyl (C=O) groups is 1. The lowest BCUT2D eigenvalue weighted by Gasteiger charge is -2.32. The minimum absolute atomic E-state index is 0.0435. The molecule has 3 rings (SSSR count). The van der Waals surface area contributed by atoms with E-state index in [-0.39, 0.29) is 5.91 Å². The molecule has 1 saturated heterocycles. The van der Waals surface area contributed by atoms with E-state index in [9.17, 15) is 4.79 Å². The van der Waals surface area contributed by atoms with Crippen LogP contribution in [0.25, 0.3) is 0 Å². The Bertz CT molecular complexity index is 639. The van der Waals surface area contributed by atoms with Crippen LogP contribution in [0.15, 0.2) is 42.9 Å². The molecule has 120 valence electrons. The molecule has 1 N–H and O–H groups in total. The lowest BCUT2D eigenvalue weighted by molar-refractivity contribution is 0.0945. The molecular formula is C17H19ClN4O. The summed E-state index contributed by atoms with van der Waals surface area (Å²) in [4.78, 5) is 22.8. The van der Waals surface area contributed by atoms with Crippen molar-refractivity contribution in [1.82, 2.24) is 15.3 Å². The van der Waals surface area contributed by atoms with Crippen LogP contribution in [0.3, 0.4) is 0 Å². The number of anilines is 1. The molecule has 0 spiro atoms. The monoisotopic (exact) mass is 330 g/mol. The summed E-state index contributed by atoms with van der Waals surface area (Å²) in [6.45, 7) is 2.59. The second kappa shape index (κ2) is 7.42. The molecule has 0 aliphatic carbocycles. The standard InChI is InChI=1S/C17H19ClN4O/c18-15-3-1-14(2-4-15)17(23)21-11-13-5-9-22(10-6-13)16-12-19-7-8-20-16/h1-4,7-8,12-13H,5-6,9-11H2,(H,21,23). The van der Waals surface area contributed by atoms with Crippen molar-refractivity contribution >= 4 is 23.3 Å². The van der Waals surface area contributed by atoms with Gasteiger partial charge in [0.25, 0.3) is 5.91 Å². The van der Waals surface area contributed by atoms with Gasteiger partial charge in [-0.1, -0.05) is 11.6 Å². The molecule has 6 heteroatoms. The van der Waals surface area contributed by atoms with E-state index in [0.717, 1.165) is 31.7 Å². The van der Waals surface area contributed by atoms with Crippen molar-refractivity contribution in [3.63, 3.8) is 0 Å². The molecule has 1 aromatic carbocycles. The van der Waals surface area contributed by atoms with Gasteiger partial charge in [0.2, 0.25) is 0 Å². The third kappa shape index (κ3) is 4.20. The fraction of sp³-hybridized carbons (Fsp3) is 0.353. The van der Waals surface area contributed by atoms with Crippen LogP contribution in [-0.4, -0.2) is 35.5 Å². The molecule has 0 unspecified atom stereocenters. The van der Waals surface area contributed by atoms with Crippen LogP contribution >= 0.6 is 11.6 Å². The summed E-state index contributed by atoms with van der Waals surface area (Å²) in [5.41, 5.74) is 0.645. The third-order valence-electron chi connectivity index (χ3n) is 4.15. The highest BCUT2D eigenvalue weighted by Gasteiger charge is 2.20. The zero-order valence-electron chi connectivity index (χ0n) is 12.8. The molecule has 1 aromatic heterocycles. The van der Waals surface area contributed by atoms with E-state index in [1.54, 1.807) is 42.9 Å². The first-order valence-corrected chi connectivity index (χ1v) is 8.15. The van der Waals surface area contributed by atoms with Crippen LogP contribution in [0.1, 0.15) is 23.2 Å². The first kappa shape index (κ1) is 15.7. The number of amides is 1. The van der Waals surface area contributed by atoms with Gasteiger partial charge in [-0.3, -0.25) is 9.78 Å². The van der Waals surface area contributed by atoms with Gasteiger partial charge in [-0.15, -0.1) is 0 Å². The number of benzene rings is 1. The zero-order valence-corrected chi connectivity index (χ0v) is 13.5. The van der Waals surface area contributed by atoms with Crippen LogP contribution in [-0.2, 0) is 0 Å². The van der Waals surface area contributed by atoms with E-state index >= 15 is 0 Å². The Morgan fingerprint density at radius 1 is 1.22 bits per heavy atom. The summed E-state index contributed by atoms with van der Waals surface area (Å²) >= 11 is 5.83. The SMILES string of the molecule is O=C(NCC1CCN(c2cnccn2)CC1)c1ccc(Cl)cc1. The Morgan fingerprint density at radius 3 is 2.61 bits per heavy atom. The van der Waals surface area contributed by atoms with Crippen LogP contribution in [0.2, 0.25) is 5.02 Å². The molecule has 1 amide bonds. The van der Waals surface area contributed by atoms with Crippen molar-refractivity contribution in [2.75, 3.05) is 24.5 Å². The van der Waals surface area contributed by atoms with E-state index in [1.165, 1.54) is 0 Å². The number of nitrogens with zero attached hydrogens (tertiary/aromatic N) is 3. The van der Waals surface area contributed by atoms with Crippen LogP contribution in [0, 0.1) is 5.92 Å². The molecule has 1 aliphatic rings. The topological polar surface area (TPSA) is 58.1 Å². The number of hydrogen-bond donors (Lipinski definition) is 1. The summed E-state index contributed by atoms with van der Waals surface area (Å²) in [5.74, 6) is 1.38. The van der Waals surface area contributed by atoms with Crippen molar-refractivity contribution in [3.8, 4) is 0 Å². The Balaban J connectivity index is 1.46. The quantitative estimate of drug-likeness (QED) is 0.936. The number of aromatic nitrogens is 2. The average molecular weight is 331 g/mol. The number of nitrogens with one attached hydrogen (secondary N) is 1. The smallest absolute Gasteiger partial charge is 0.251 e. The van der Waals surface area contributed by atoms with E-state index in [4.69, 9.17) is 11.6 Å². The fourth-order valence-corrected chi connectivity index (χ4v) is 2.89. The highest BCUT2D eigenvalue weighted by molar-refractivity contribution is 6.30. The highest BCUT2D eigenvalue weighted by atomic mass is 35.5. The van der Waals surface area contributed by atoms with Gasteiger partial charge in [-0.25, -0.2) is 4.98 Å². The van der Waals surface area contributed by atoms with Crippen molar-refractivity contribution in [2.45, 2.75) is 12.8 Å². The molecule has 23 heavy (non-hydrogen) atoms. The zero-order chi connectivity index (χ0) is 16.1. The fourth-order valence-electron chi connectivity index (χ4n) is 2.76. The van der Waals surface area contributed by atoms with Gasteiger partial charge in [0.15, 0.2) is 0 Å². The summed E-state index contributed by atoms with van der Waals surface area (Å²) in [7, 11) is 0. The molecule has 0 radical (unpaired) electrons. The van der Waals surface area contributed by atoms with Crippen molar-refractivity contribution in [1.29, 1.82) is 0 Å². The van der Waals surface area contributed by atoms with Crippen LogP contribution in [0.5, 0.6) is 0 Å². The Kier molecular flexibility index (Phi) is 5.08. The van der Waals surface area contributed by atoms with Crippen molar-refractivity contribution in [2.24, 2.45) is 5.92 Å². The maximum Gasteiger partial charge on any atom is 0.251 e. The van der Waals surface area contributed by atoms with Crippen LogP contribution in [0.4, 0.5) is 5.82 Å². The molecule has 2 aromatic rings. The summed E-state index contributed by atoms with van der Waals surface area (Å²) in [6, 6.07) is 6.95. The molecule has 1 fully saturated rings. The number of carbonyl (C=O) groups excluding carboxylic acids is 1. The normalized spacial score (nSPS) is 15.4. The van der Waals surface area contributed by atoms with E-state index in [1.807, 2.05) is 0 Å². The van der Waals surface area contributed by atoms with Crippen LogP contribution < -0.4 is 10.2 Å². The first-order chi connectivity index (χ1) is 11.2. The first-order valence-electron chi connectivity index (χ1n) is 7.77.